The molecule has 0 aromatic rings. The smallest absolute Gasteiger partial charge is 0.232 e. The van der Waals surface area contributed by atoms with Crippen LogP contribution in [0.4, 0.5) is 0 Å². The third-order valence-corrected chi connectivity index (χ3v) is 2.15. The van der Waals surface area contributed by atoms with Crippen LogP contribution in [0.3, 0.4) is 0 Å². The molecule has 1 aliphatic heterocycles. The Morgan fingerprint density at radius 3 is 2.67 bits per heavy atom. The van der Waals surface area contributed by atoms with Crippen molar-refractivity contribution in [2.45, 2.75) is 13.0 Å². The number of hydrogen-bond donors (Lipinski definition) is 0. The number of amides is 1. The number of β-lactam (4-membered cyclic amide) rings is 1. The van der Waals surface area contributed by atoms with Crippen molar-refractivity contribution in [1.29, 1.82) is 0 Å². The van der Waals surface area contributed by atoms with Crippen LogP contribution in [0.1, 0.15) is 6.92 Å². The minimum absolute atomic E-state index is 0.268. The standard InChI is InChI=1S/C7H9NO/c1-2-8-6-4-3-5(6)7(8)9/h3-6H,2H2,1H3/t5-,6-/m1/s1. The van der Waals surface area contributed by atoms with Crippen molar-refractivity contribution in [2.75, 3.05) is 6.54 Å². The van der Waals surface area contributed by atoms with Crippen LogP contribution in [-0.2, 0) is 4.79 Å². The summed E-state index contributed by atoms with van der Waals surface area (Å²) in [6, 6.07) is 0.475. The maximum Gasteiger partial charge on any atom is 0.232 e. The summed E-state index contributed by atoms with van der Waals surface area (Å²) < 4.78 is 0. The molecule has 2 heteroatoms. The average Bonchev–Trinajstić information content (AvgIpc) is 1.79. The van der Waals surface area contributed by atoms with Gasteiger partial charge in [0.05, 0.1) is 12.0 Å². The highest BCUT2D eigenvalue weighted by Crippen LogP contribution is 2.35. The van der Waals surface area contributed by atoms with Crippen molar-refractivity contribution in [3.05, 3.63) is 12.2 Å². The number of likely N-dealkylation sites (N-methyl/N-ethyl adjacent to an activating group) is 1. The van der Waals surface area contributed by atoms with Crippen LogP contribution in [0.25, 0.3) is 0 Å². The number of fused-ring (bicyclic) bond motifs is 1. The zero-order chi connectivity index (χ0) is 6.43. The van der Waals surface area contributed by atoms with Gasteiger partial charge in [-0.05, 0) is 6.92 Å². The van der Waals surface area contributed by atoms with Gasteiger partial charge in [0.15, 0.2) is 0 Å². The molecule has 0 bridgehead atoms. The van der Waals surface area contributed by atoms with E-state index in [1.165, 1.54) is 0 Å². The van der Waals surface area contributed by atoms with Crippen molar-refractivity contribution in [2.24, 2.45) is 5.92 Å². The maximum atomic E-state index is 10.9. The molecule has 9 heavy (non-hydrogen) atoms. The summed E-state index contributed by atoms with van der Waals surface area (Å²) >= 11 is 0. The quantitative estimate of drug-likeness (QED) is 0.365. The second-order valence-corrected chi connectivity index (χ2v) is 2.53. The van der Waals surface area contributed by atoms with Gasteiger partial charge in [-0.1, -0.05) is 12.2 Å². The molecule has 48 valence electrons. The van der Waals surface area contributed by atoms with E-state index < -0.39 is 0 Å². The summed E-state index contributed by atoms with van der Waals surface area (Å²) in [5, 5.41) is 0. The van der Waals surface area contributed by atoms with Gasteiger partial charge in [-0.3, -0.25) is 4.79 Å². The fourth-order valence-electron chi connectivity index (χ4n) is 1.47. The van der Waals surface area contributed by atoms with Gasteiger partial charge in [0.1, 0.15) is 0 Å². The van der Waals surface area contributed by atoms with Crippen molar-refractivity contribution in [3.63, 3.8) is 0 Å². The Morgan fingerprint density at radius 2 is 2.44 bits per heavy atom. The van der Waals surface area contributed by atoms with Gasteiger partial charge < -0.3 is 4.90 Å². The summed E-state index contributed by atoms with van der Waals surface area (Å²) in [7, 11) is 0. The zero-order valence-corrected chi connectivity index (χ0v) is 5.37. The first-order valence-corrected chi connectivity index (χ1v) is 3.33. The Hall–Kier alpha value is -0.790. The number of carbonyl (C=O) groups excluding carboxylic acids is 1. The number of carbonyl (C=O) groups is 1. The molecule has 1 amide bonds. The van der Waals surface area contributed by atoms with Gasteiger partial charge in [0.2, 0.25) is 5.91 Å². The van der Waals surface area contributed by atoms with Gasteiger partial charge in [-0.15, -0.1) is 0 Å². The summed E-state index contributed by atoms with van der Waals surface area (Å²) in [5.41, 5.74) is 0. The third kappa shape index (κ3) is 0.397. The first-order chi connectivity index (χ1) is 4.34. The van der Waals surface area contributed by atoms with Crippen LogP contribution < -0.4 is 0 Å². The summed E-state index contributed by atoms with van der Waals surface area (Å²) in [6.45, 7) is 2.88. The van der Waals surface area contributed by atoms with Crippen LogP contribution in [0, 0.1) is 5.92 Å². The fraction of sp³-hybridized carbons (Fsp3) is 0.571. The number of nitrogens with zero attached hydrogens (tertiary/aromatic N) is 1. The molecule has 2 atom stereocenters. The van der Waals surface area contributed by atoms with E-state index in [4.69, 9.17) is 0 Å². The summed E-state index contributed by atoms with van der Waals surface area (Å²) in [5.74, 6) is 0.579. The molecule has 0 aromatic carbocycles. The van der Waals surface area contributed by atoms with E-state index in [9.17, 15) is 4.79 Å². The fourth-order valence-corrected chi connectivity index (χ4v) is 1.47. The van der Waals surface area contributed by atoms with Gasteiger partial charge in [-0.2, -0.15) is 0 Å². The molecule has 0 aromatic heterocycles. The van der Waals surface area contributed by atoms with Gasteiger partial charge in [0, 0.05) is 6.54 Å². The van der Waals surface area contributed by atoms with Crippen LogP contribution in [0.15, 0.2) is 12.2 Å². The molecule has 0 saturated carbocycles. The maximum absolute atomic E-state index is 10.9. The average molecular weight is 123 g/mol. The van der Waals surface area contributed by atoms with E-state index in [0.717, 1.165) is 6.54 Å². The van der Waals surface area contributed by atoms with Crippen molar-refractivity contribution < 1.29 is 4.79 Å². The molecule has 2 aliphatic rings. The molecule has 2 nitrogen and oxygen atoms in total. The SMILES string of the molecule is CCN1C(=O)[C@@H]2C=C[C@H]21. The molecule has 1 heterocycles. The Labute approximate surface area is 54.1 Å². The third-order valence-electron chi connectivity index (χ3n) is 2.15. The molecule has 0 unspecified atom stereocenters. The molecule has 1 fully saturated rings. The number of rotatable bonds is 1. The molecular weight excluding hydrogens is 114 g/mol. The summed E-state index contributed by atoms with van der Waals surface area (Å²) in [6.07, 6.45) is 4.08. The van der Waals surface area contributed by atoms with Crippen LogP contribution in [-0.4, -0.2) is 23.4 Å². The molecule has 1 aliphatic carbocycles. The van der Waals surface area contributed by atoms with E-state index in [-0.39, 0.29) is 5.92 Å². The first kappa shape index (κ1) is 5.03. The van der Waals surface area contributed by atoms with E-state index in [1.54, 1.807) is 0 Å². The van der Waals surface area contributed by atoms with Gasteiger partial charge in [-0.25, -0.2) is 0 Å². The lowest BCUT2D eigenvalue weighted by atomic mass is 9.78. The second-order valence-electron chi connectivity index (χ2n) is 2.53. The second kappa shape index (κ2) is 1.38. The van der Waals surface area contributed by atoms with Crippen molar-refractivity contribution >= 4 is 5.91 Å². The minimum Gasteiger partial charge on any atom is -0.335 e. The lowest BCUT2D eigenvalue weighted by molar-refractivity contribution is -0.151. The highest BCUT2D eigenvalue weighted by atomic mass is 16.2. The highest BCUT2D eigenvalue weighted by molar-refractivity contribution is 5.90. The lowest BCUT2D eigenvalue weighted by Gasteiger charge is -2.49. The Kier molecular flexibility index (Phi) is 0.770. The summed E-state index contributed by atoms with van der Waals surface area (Å²) in [4.78, 5) is 12.8. The van der Waals surface area contributed by atoms with Crippen LogP contribution in [0.5, 0.6) is 0 Å². The molecule has 0 spiro atoms. The first-order valence-electron chi connectivity index (χ1n) is 3.33. The van der Waals surface area contributed by atoms with E-state index in [2.05, 4.69) is 6.08 Å². The Bertz CT molecular complexity index is 185. The molecule has 0 radical (unpaired) electrons. The Morgan fingerprint density at radius 1 is 1.67 bits per heavy atom. The Balaban J connectivity index is 2.15. The number of hydrogen-bond acceptors (Lipinski definition) is 1. The van der Waals surface area contributed by atoms with Gasteiger partial charge >= 0.3 is 0 Å². The zero-order valence-electron chi connectivity index (χ0n) is 5.37. The van der Waals surface area contributed by atoms with E-state index in [1.807, 2.05) is 17.9 Å². The van der Waals surface area contributed by atoms with Crippen LogP contribution >= 0.6 is 0 Å². The molecule has 0 N–H and O–H groups in total. The minimum atomic E-state index is 0.268. The molecular formula is C7H9NO. The lowest BCUT2D eigenvalue weighted by Crippen LogP contribution is -2.62. The van der Waals surface area contributed by atoms with E-state index >= 15 is 0 Å². The number of likely N-dealkylation sites (tertiary alicyclic amines) is 1. The topological polar surface area (TPSA) is 20.3 Å². The molecule has 1 saturated heterocycles. The predicted octanol–water partition coefficient (Wildman–Crippen LogP) is 0.403. The predicted molar refractivity (Wildman–Crippen MR) is 33.8 cm³/mol. The normalized spacial score (nSPS) is 37.4. The van der Waals surface area contributed by atoms with Crippen molar-refractivity contribution in [3.8, 4) is 0 Å². The van der Waals surface area contributed by atoms with Crippen molar-refractivity contribution in [1.82, 2.24) is 4.90 Å². The van der Waals surface area contributed by atoms with Gasteiger partial charge in [0.25, 0.3) is 0 Å². The van der Waals surface area contributed by atoms with E-state index in [0.29, 0.717) is 11.9 Å². The largest absolute Gasteiger partial charge is 0.335 e. The monoisotopic (exact) mass is 123 g/mol. The highest BCUT2D eigenvalue weighted by Gasteiger charge is 2.47. The molecule has 2 rings (SSSR count). The van der Waals surface area contributed by atoms with Crippen LogP contribution in [0.2, 0.25) is 0 Å².